The minimum atomic E-state index is -4.44. The molecular weight excluding hydrogens is 287 g/mol. The normalized spacial score (nSPS) is 19.9. The molecule has 1 aromatic carbocycles. The molecule has 2 rings (SSSR count). The Morgan fingerprint density at radius 3 is 2.48 bits per heavy atom. The smallest absolute Gasteiger partial charge is 0.409 e. The first-order chi connectivity index (χ1) is 9.84. The highest BCUT2D eigenvalue weighted by atomic mass is 19.4. The van der Waals surface area contributed by atoms with Gasteiger partial charge in [-0.1, -0.05) is 5.16 Å². The van der Waals surface area contributed by atoms with E-state index in [1.807, 2.05) is 0 Å². The molecule has 0 spiro atoms. The Morgan fingerprint density at radius 1 is 1.33 bits per heavy atom. The second kappa shape index (κ2) is 5.63. The van der Waals surface area contributed by atoms with Gasteiger partial charge in [0.05, 0.1) is 11.6 Å². The third kappa shape index (κ3) is 3.09. The maximum absolute atomic E-state index is 12.5. The van der Waals surface area contributed by atoms with E-state index in [1.165, 1.54) is 4.90 Å². The van der Waals surface area contributed by atoms with Gasteiger partial charge in [-0.3, -0.25) is 4.79 Å². The van der Waals surface area contributed by atoms with Crippen LogP contribution in [0.1, 0.15) is 28.8 Å². The van der Waals surface area contributed by atoms with Crippen molar-refractivity contribution in [3.63, 3.8) is 0 Å². The zero-order valence-electron chi connectivity index (χ0n) is 11.0. The number of likely N-dealkylation sites (tertiary alicyclic amines) is 1. The lowest BCUT2D eigenvalue weighted by atomic mass is 10.1. The topological polar surface area (TPSA) is 78.9 Å². The highest BCUT2D eigenvalue weighted by Gasteiger charge is 2.33. The third-order valence-electron chi connectivity index (χ3n) is 3.43. The van der Waals surface area contributed by atoms with Crippen LogP contribution in [-0.2, 0) is 6.18 Å². The number of amides is 1. The van der Waals surface area contributed by atoms with Crippen molar-refractivity contribution in [2.24, 2.45) is 10.9 Å². The maximum atomic E-state index is 12.5. The first kappa shape index (κ1) is 15.1. The molecule has 0 bridgehead atoms. The van der Waals surface area contributed by atoms with Crippen LogP contribution in [0.25, 0.3) is 0 Å². The van der Waals surface area contributed by atoms with E-state index in [1.54, 1.807) is 0 Å². The van der Waals surface area contributed by atoms with Crippen LogP contribution in [0.15, 0.2) is 29.4 Å². The molecule has 1 aliphatic heterocycles. The van der Waals surface area contributed by atoms with Crippen molar-refractivity contribution < 1.29 is 23.2 Å². The summed E-state index contributed by atoms with van der Waals surface area (Å²) in [7, 11) is 0. The van der Waals surface area contributed by atoms with Crippen LogP contribution >= 0.6 is 0 Å². The van der Waals surface area contributed by atoms with Crippen molar-refractivity contribution in [3.05, 3.63) is 35.4 Å². The van der Waals surface area contributed by atoms with Gasteiger partial charge in [-0.2, -0.15) is 13.2 Å². The number of benzene rings is 1. The molecule has 3 N–H and O–H groups in total. The number of amidine groups is 1. The Bertz CT molecular complexity index is 555. The molecule has 5 nitrogen and oxygen atoms in total. The molecular formula is C13H14F3N3O2. The predicted octanol–water partition coefficient (Wildman–Crippen LogP) is 2.06. The molecule has 114 valence electrons. The third-order valence-corrected chi connectivity index (χ3v) is 3.43. The lowest BCUT2D eigenvalue weighted by molar-refractivity contribution is -0.137. The summed E-state index contributed by atoms with van der Waals surface area (Å²) in [6, 6.07) is 3.47. The number of nitrogens with zero attached hydrogens (tertiary/aromatic N) is 2. The Morgan fingerprint density at radius 2 is 1.95 bits per heavy atom. The number of hydrogen-bond acceptors (Lipinski definition) is 3. The van der Waals surface area contributed by atoms with E-state index in [9.17, 15) is 18.0 Å². The van der Waals surface area contributed by atoms with Crippen LogP contribution in [0.4, 0.5) is 13.2 Å². The van der Waals surface area contributed by atoms with Gasteiger partial charge in [0.1, 0.15) is 0 Å². The molecule has 1 atom stereocenters. The summed E-state index contributed by atoms with van der Waals surface area (Å²) in [6.45, 7) is 0.417. The van der Waals surface area contributed by atoms with E-state index in [2.05, 4.69) is 5.16 Å². The fourth-order valence-electron chi connectivity index (χ4n) is 2.35. The molecule has 8 heteroatoms. The van der Waals surface area contributed by atoms with E-state index < -0.39 is 23.7 Å². The van der Waals surface area contributed by atoms with Crippen molar-refractivity contribution in [2.75, 3.05) is 6.54 Å². The number of carbonyl (C=O) groups is 1. The van der Waals surface area contributed by atoms with Gasteiger partial charge in [0.25, 0.3) is 5.91 Å². The largest absolute Gasteiger partial charge is 0.416 e. The first-order valence-electron chi connectivity index (χ1n) is 6.30. The molecule has 1 saturated heterocycles. The number of rotatable bonds is 2. The Balaban J connectivity index is 2.20. The molecule has 0 aliphatic carbocycles. The van der Waals surface area contributed by atoms with Crippen LogP contribution in [-0.4, -0.2) is 34.4 Å². The van der Waals surface area contributed by atoms with Crippen LogP contribution in [0.5, 0.6) is 0 Å². The number of carbonyl (C=O) groups excluding carboxylic acids is 1. The van der Waals surface area contributed by atoms with E-state index in [-0.39, 0.29) is 11.4 Å². The summed E-state index contributed by atoms with van der Waals surface area (Å²) in [6.07, 6.45) is -3.19. The average molecular weight is 301 g/mol. The van der Waals surface area contributed by atoms with Gasteiger partial charge in [0, 0.05) is 12.1 Å². The van der Waals surface area contributed by atoms with Crippen molar-refractivity contribution in [2.45, 2.75) is 25.1 Å². The highest BCUT2D eigenvalue weighted by Crippen LogP contribution is 2.29. The van der Waals surface area contributed by atoms with Gasteiger partial charge in [-0.05, 0) is 37.1 Å². The number of alkyl halides is 3. The first-order valence-corrected chi connectivity index (χ1v) is 6.30. The number of halogens is 3. The van der Waals surface area contributed by atoms with Gasteiger partial charge >= 0.3 is 6.18 Å². The summed E-state index contributed by atoms with van der Waals surface area (Å²) in [5.41, 5.74) is 4.85. The van der Waals surface area contributed by atoms with E-state index in [4.69, 9.17) is 10.9 Å². The van der Waals surface area contributed by atoms with Crippen LogP contribution in [0.3, 0.4) is 0 Å². The van der Waals surface area contributed by atoms with Crippen molar-refractivity contribution in [3.8, 4) is 0 Å². The van der Waals surface area contributed by atoms with Gasteiger partial charge in [-0.25, -0.2) is 0 Å². The molecule has 0 aromatic heterocycles. The zero-order valence-corrected chi connectivity index (χ0v) is 11.0. The molecule has 0 saturated carbocycles. The summed E-state index contributed by atoms with van der Waals surface area (Å²) < 4.78 is 37.4. The molecule has 1 fully saturated rings. The Labute approximate surface area is 118 Å². The van der Waals surface area contributed by atoms with Gasteiger partial charge < -0.3 is 15.8 Å². The van der Waals surface area contributed by atoms with Crippen LogP contribution < -0.4 is 5.73 Å². The molecule has 1 unspecified atom stereocenters. The van der Waals surface area contributed by atoms with Gasteiger partial charge in [-0.15, -0.1) is 0 Å². The molecule has 1 aromatic rings. The average Bonchev–Trinajstić information content (AvgIpc) is 2.94. The second-order valence-electron chi connectivity index (χ2n) is 4.76. The van der Waals surface area contributed by atoms with E-state index in [0.29, 0.717) is 19.4 Å². The second-order valence-corrected chi connectivity index (χ2v) is 4.76. The summed E-state index contributed by atoms with van der Waals surface area (Å²) in [5.74, 6) is -0.509. The Hall–Kier alpha value is -2.25. The van der Waals surface area contributed by atoms with E-state index >= 15 is 0 Å². The van der Waals surface area contributed by atoms with Gasteiger partial charge in [0.15, 0.2) is 5.84 Å². The minimum absolute atomic E-state index is 0.0761. The SMILES string of the molecule is NC(=NO)C1CCCN1C(=O)c1ccc(C(F)(F)F)cc1. The molecule has 1 amide bonds. The molecule has 1 aliphatic rings. The summed E-state index contributed by atoms with van der Waals surface area (Å²) in [5, 5.41) is 11.6. The van der Waals surface area contributed by atoms with Crippen LogP contribution in [0, 0.1) is 0 Å². The quantitative estimate of drug-likeness (QED) is 0.380. The monoisotopic (exact) mass is 301 g/mol. The highest BCUT2D eigenvalue weighted by molar-refractivity contribution is 5.98. The van der Waals surface area contributed by atoms with Gasteiger partial charge in [0.2, 0.25) is 0 Å². The summed E-state index contributed by atoms with van der Waals surface area (Å²) >= 11 is 0. The van der Waals surface area contributed by atoms with Crippen LogP contribution in [0.2, 0.25) is 0 Å². The molecule has 21 heavy (non-hydrogen) atoms. The molecule has 1 heterocycles. The lowest BCUT2D eigenvalue weighted by Crippen LogP contribution is -2.43. The number of nitrogens with two attached hydrogens (primary N) is 1. The summed E-state index contributed by atoms with van der Waals surface area (Å²) in [4.78, 5) is 13.7. The number of hydrogen-bond donors (Lipinski definition) is 2. The minimum Gasteiger partial charge on any atom is -0.409 e. The molecule has 0 radical (unpaired) electrons. The van der Waals surface area contributed by atoms with Crippen molar-refractivity contribution >= 4 is 11.7 Å². The van der Waals surface area contributed by atoms with Crippen molar-refractivity contribution in [1.29, 1.82) is 0 Å². The lowest BCUT2D eigenvalue weighted by Gasteiger charge is -2.23. The predicted molar refractivity (Wildman–Crippen MR) is 68.9 cm³/mol. The van der Waals surface area contributed by atoms with E-state index in [0.717, 1.165) is 24.3 Å². The van der Waals surface area contributed by atoms with Crippen molar-refractivity contribution in [1.82, 2.24) is 4.90 Å². The maximum Gasteiger partial charge on any atom is 0.416 e. The fourth-order valence-corrected chi connectivity index (χ4v) is 2.35. The Kier molecular flexibility index (Phi) is 4.06. The number of oxime groups is 1. The zero-order chi connectivity index (χ0) is 15.6. The fraction of sp³-hybridized carbons (Fsp3) is 0.385. The standard InChI is InChI=1S/C13H14F3N3O2/c14-13(15,16)9-5-3-8(4-6-9)12(20)19-7-1-2-10(19)11(17)18-21/h3-6,10,21H,1-2,7H2,(H2,17,18).